The Balaban J connectivity index is 1.77. The molecule has 0 saturated heterocycles. The number of benzene rings is 1. The van der Waals surface area contributed by atoms with Crippen LogP contribution in [0.3, 0.4) is 0 Å². The molecule has 2 aromatic heterocycles. The summed E-state index contributed by atoms with van der Waals surface area (Å²) < 4.78 is 1.65. The molecule has 3 aromatic rings. The molecule has 0 atom stereocenters. The summed E-state index contributed by atoms with van der Waals surface area (Å²) >= 11 is 2.60. The zero-order valence-corrected chi connectivity index (χ0v) is 14.2. The second kappa shape index (κ2) is 6.93. The summed E-state index contributed by atoms with van der Waals surface area (Å²) in [5.74, 6) is -0.190. The average Bonchev–Trinajstić information content (AvgIpc) is 3.17. The molecule has 0 aliphatic rings. The van der Waals surface area contributed by atoms with Gasteiger partial charge in [-0.1, -0.05) is 47.7 Å². The van der Waals surface area contributed by atoms with Crippen molar-refractivity contribution in [2.75, 3.05) is 0 Å². The molecule has 1 N–H and O–H groups in total. The van der Waals surface area contributed by atoms with E-state index in [-0.39, 0.29) is 10.8 Å². The van der Waals surface area contributed by atoms with Gasteiger partial charge in [0.25, 0.3) is 5.91 Å². The second-order valence-electron chi connectivity index (χ2n) is 5.12. The van der Waals surface area contributed by atoms with E-state index in [1.807, 2.05) is 54.8 Å². The predicted octanol–water partition coefficient (Wildman–Crippen LogP) is 3.26. The van der Waals surface area contributed by atoms with E-state index >= 15 is 0 Å². The molecule has 0 spiro atoms. The Morgan fingerprint density at radius 3 is 2.65 bits per heavy atom. The third-order valence-corrected chi connectivity index (χ3v) is 5.49. The maximum Gasteiger partial charge on any atom is 0.308 e. The number of amides is 1. The van der Waals surface area contributed by atoms with Crippen LogP contribution < -0.4 is 10.2 Å². The fourth-order valence-electron chi connectivity index (χ4n) is 2.30. The number of nitrogens with zero attached hydrogens (tertiary/aromatic N) is 1. The van der Waals surface area contributed by atoms with Gasteiger partial charge in [0.1, 0.15) is 4.88 Å². The predicted molar refractivity (Wildman–Crippen MR) is 94.3 cm³/mol. The summed E-state index contributed by atoms with van der Waals surface area (Å²) in [6.45, 7) is 2.79. The number of rotatable bonds is 5. The first-order valence-corrected chi connectivity index (χ1v) is 8.89. The molecule has 23 heavy (non-hydrogen) atoms. The first kappa shape index (κ1) is 15.7. The van der Waals surface area contributed by atoms with Gasteiger partial charge in [-0.25, -0.2) is 0 Å². The molecule has 0 radical (unpaired) electrons. The minimum absolute atomic E-state index is 0.104. The molecule has 0 bridgehead atoms. The number of hydrogen-bond donors (Lipinski definition) is 1. The van der Waals surface area contributed by atoms with Crippen molar-refractivity contribution in [3.63, 3.8) is 0 Å². The van der Waals surface area contributed by atoms with Gasteiger partial charge in [0.15, 0.2) is 0 Å². The van der Waals surface area contributed by atoms with Crippen LogP contribution in [-0.4, -0.2) is 10.5 Å². The molecular formula is C17H16N2O2S2. The smallest absolute Gasteiger partial charge is 0.308 e. The lowest BCUT2D eigenvalue weighted by Gasteiger charge is -2.06. The van der Waals surface area contributed by atoms with E-state index in [9.17, 15) is 9.59 Å². The summed E-state index contributed by atoms with van der Waals surface area (Å²) in [4.78, 5) is 26.0. The van der Waals surface area contributed by atoms with Gasteiger partial charge in [0.05, 0.1) is 13.1 Å². The number of carbonyl (C=O) groups excluding carboxylic acids is 1. The molecule has 3 rings (SSSR count). The third-order valence-electron chi connectivity index (χ3n) is 3.54. The molecule has 6 heteroatoms. The normalized spacial score (nSPS) is 10.7. The maximum absolute atomic E-state index is 12.3. The van der Waals surface area contributed by atoms with Gasteiger partial charge in [-0.15, -0.1) is 11.3 Å². The number of thiophene rings is 1. The van der Waals surface area contributed by atoms with Crippen molar-refractivity contribution in [3.05, 3.63) is 78.5 Å². The van der Waals surface area contributed by atoms with Crippen LogP contribution >= 0.6 is 22.7 Å². The van der Waals surface area contributed by atoms with Crippen molar-refractivity contribution >= 4 is 28.6 Å². The Morgan fingerprint density at radius 1 is 1.17 bits per heavy atom. The van der Waals surface area contributed by atoms with Crippen molar-refractivity contribution in [2.24, 2.45) is 0 Å². The Labute approximate surface area is 142 Å². The number of thiazole rings is 1. The van der Waals surface area contributed by atoms with Crippen LogP contribution in [0.2, 0.25) is 0 Å². The monoisotopic (exact) mass is 344 g/mol. The van der Waals surface area contributed by atoms with E-state index in [0.717, 1.165) is 21.8 Å². The number of aromatic nitrogens is 1. The first-order chi connectivity index (χ1) is 11.1. The van der Waals surface area contributed by atoms with Crippen LogP contribution in [0.25, 0.3) is 0 Å². The van der Waals surface area contributed by atoms with Crippen LogP contribution in [0.4, 0.5) is 0 Å². The molecule has 0 aliphatic carbocycles. The van der Waals surface area contributed by atoms with E-state index in [1.54, 1.807) is 15.9 Å². The lowest BCUT2D eigenvalue weighted by molar-refractivity contribution is 0.0954. The van der Waals surface area contributed by atoms with Gasteiger partial charge >= 0.3 is 4.87 Å². The Bertz CT molecular complexity index is 849. The van der Waals surface area contributed by atoms with Gasteiger partial charge < -0.3 is 5.32 Å². The molecule has 0 saturated carbocycles. The highest BCUT2D eigenvalue weighted by Crippen LogP contribution is 2.14. The number of nitrogens with one attached hydrogen (secondary N) is 1. The zero-order valence-electron chi connectivity index (χ0n) is 12.6. The summed E-state index contributed by atoms with van der Waals surface area (Å²) in [6, 6.07) is 13.7. The Morgan fingerprint density at radius 2 is 1.96 bits per heavy atom. The summed E-state index contributed by atoms with van der Waals surface area (Å²) in [7, 11) is 0. The standard InChI is InChI=1S/C17H16N2O2S2/c1-12-15(16(20)18-10-14-8-5-9-22-14)23-17(21)19(12)11-13-6-3-2-4-7-13/h2-9H,10-11H2,1H3,(H,18,20). The fraction of sp³-hybridized carbons (Fsp3) is 0.176. The van der Waals surface area contributed by atoms with E-state index in [4.69, 9.17) is 0 Å². The highest BCUT2D eigenvalue weighted by molar-refractivity contribution is 7.11. The van der Waals surface area contributed by atoms with E-state index in [2.05, 4.69) is 5.32 Å². The minimum Gasteiger partial charge on any atom is -0.346 e. The third kappa shape index (κ3) is 3.60. The van der Waals surface area contributed by atoms with Crippen molar-refractivity contribution in [1.82, 2.24) is 9.88 Å². The highest BCUT2D eigenvalue weighted by Gasteiger charge is 2.17. The molecule has 0 unspecified atom stereocenters. The van der Waals surface area contributed by atoms with Crippen LogP contribution in [0.1, 0.15) is 25.8 Å². The van der Waals surface area contributed by atoms with Gasteiger partial charge in [-0.2, -0.15) is 0 Å². The summed E-state index contributed by atoms with van der Waals surface area (Å²) in [6.07, 6.45) is 0. The summed E-state index contributed by atoms with van der Waals surface area (Å²) in [5, 5.41) is 4.85. The van der Waals surface area contributed by atoms with Crippen LogP contribution in [0, 0.1) is 6.92 Å². The number of hydrogen-bond acceptors (Lipinski definition) is 4. The largest absolute Gasteiger partial charge is 0.346 e. The molecule has 0 aliphatic heterocycles. The van der Waals surface area contributed by atoms with Crippen molar-refractivity contribution in [3.8, 4) is 0 Å². The quantitative estimate of drug-likeness (QED) is 0.772. The molecule has 2 heterocycles. The molecule has 1 amide bonds. The SMILES string of the molecule is Cc1c(C(=O)NCc2cccs2)sc(=O)n1Cc1ccccc1. The topological polar surface area (TPSA) is 51.1 Å². The molecule has 0 fully saturated rings. The minimum atomic E-state index is -0.190. The van der Waals surface area contributed by atoms with Crippen molar-refractivity contribution < 1.29 is 4.79 Å². The Hall–Kier alpha value is -2.18. The lowest BCUT2D eigenvalue weighted by atomic mass is 10.2. The van der Waals surface area contributed by atoms with Gasteiger partial charge in [-0.05, 0) is 23.9 Å². The maximum atomic E-state index is 12.3. The summed E-state index contributed by atoms with van der Waals surface area (Å²) in [5.41, 5.74) is 1.76. The molecule has 4 nitrogen and oxygen atoms in total. The zero-order chi connectivity index (χ0) is 16.2. The molecular weight excluding hydrogens is 328 g/mol. The molecule has 1 aromatic carbocycles. The average molecular weight is 344 g/mol. The highest BCUT2D eigenvalue weighted by atomic mass is 32.1. The van der Waals surface area contributed by atoms with Crippen LogP contribution in [0.15, 0.2) is 52.6 Å². The first-order valence-electron chi connectivity index (χ1n) is 7.20. The van der Waals surface area contributed by atoms with Crippen molar-refractivity contribution in [2.45, 2.75) is 20.0 Å². The second-order valence-corrected chi connectivity index (χ2v) is 7.11. The van der Waals surface area contributed by atoms with Gasteiger partial charge in [0, 0.05) is 10.6 Å². The number of carbonyl (C=O) groups is 1. The van der Waals surface area contributed by atoms with E-state index in [1.165, 1.54) is 0 Å². The van der Waals surface area contributed by atoms with E-state index in [0.29, 0.717) is 23.7 Å². The van der Waals surface area contributed by atoms with Gasteiger partial charge in [-0.3, -0.25) is 14.2 Å². The lowest BCUT2D eigenvalue weighted by Crippen LogP contribution is -2.22. The Kier molecular flexibility index (Phi) is 4.73. The van der Waals surface area contributed by atoms with Crippen LogP contribution in [-0.2, 0) is 13.1 Å². The van der Waals surface area contributed by atoms with Gasteiger partial charge in [0.2, 0.25) is 0 Å². The molecule has 118 valence electrons. The van der Waals surface area contributed by atoms with Crippen molar-refractivity contribution in [1.29, 1.82) is 0 Å². The van der Waals surface area contributed by atoms with E-state index < -0.39 is 0 Å². The van der Waals surface area contributed by atoms with Crippen LogP contribution in [0.5, 0.6) is 0 Å². The fourth-order valence-corrected chi connectivity index (χ4v) is 3.85.